The van der Waals surface area contributed by atoms with Crippen molar-refractivity contribution in [1.82, 2.24) is 0 Å². The summed E-state index contributed by atoms with van der Waals surface area (Å²) in [5.74, 6) is 0. The van der Waals surface area contributed by atoms with Gasteiger partial charge in [0.1, 0.15) is 0 Å². The molecule has 0 aromatic heterocycles. The molecule has 0 fully saturated rings. The molecule has 0 spiro atoms. The second kappa shape index (κ2) is 10.6. The van der Waals surface area contributed by atoms with Gasteiger partial charge in [-0.25, -0.2) is 0 Å². The predicted octanol–water partition coefficient (Wildman–Crippen LogP) is -2.88. The molecule has 0 aliphatic heterocycles. The molecule has 6 heteroatoms. The van der Waals surface area contributed by atoms with E-state index in [1.807, 2.05) is 0 Å². The van der Waals surface area contributed by atoms with Crippen LogP contribution in [0, 0.1) is 35.6 Å². The first-order chi connectivity index (χ1) is 1.73. The molecule has 0 amide bonds. The number of hydrogen-bond donors (Lipinski definition) is 0. The Morgan fingerprint density at radius 2 is 1.33 bits per heavy atom. The Morgan fingerprint density at radius 1 is 1.33 bits per heavy atom. The molecule has 0 N–H and O–H groups in total. The standard InChI is InChI=1S/Ca.La.Mn.3O/q+2;+3;;;2*-1. The van der Waals surface area contributed by atoms with Crippen LogP contribution in [0.3, 0.4) is 0 Å². The van der Waals surface area contributed by atoms with Crippen LogP contribution in [0.5, 0.6) is 0 Å². The average molecular weight is 282 g/mol. The quantitative estimate of drug-likeness (QED) is 0.448. The zero-order chi connectivity index (χ0) is 3.58. The van der Waals surface area contributed by atoms with Crippen molar-refractivity contribution < 1.29 is 62.3 Å². The van der Waals surface area contributed by atoms with Gasteiger partial charge in [-0.15, -0.1) is 0 Å². The van der Waals surface area contributed by atoms with Crippen molar-refractivity contribution in [2.75, 3.05) is 0 Å². The molecule has 27 valence electrons. The molecule has 0 bridgehead atoms. The van der Waals surface area contributed by atoms with Crippen LogP contribution in [-0.4, -0.2) is 37.7 Å². The summed E-state index contributed by atoms with van der Waals surface area (Å²) in [4.78, 5) is 0. The van der Waals surface area contributed by atoms with E-state index >= 15 is 0 Å². The normalized spacial score (nSPS) is 5.83. The molecular weight excluding hydrogens is 282 g/mol. The second-order valence-corrected chi connectivity index (χ2v) is 0.779. The SMILES string of the molecule is [Ca+2].[La+3].[O]=[Mn]([O-])[O-]. The van der Waals surface area contributed by atoms with Crippen LogP contribution in [0.4, 0.5) is 0 Å². The number of hydrogen-bond acceptors (Lipinski definition) is 3. The maximum absolute atomic E-state index is 8.52. The summed E-state index contributed by atoms with van der Waals surface area (Å²) in [7, 11) is 0. The molecule has 0 rings (SSSR count). The van der Waals surface area contributed by atoms with Gasteiger partial charge in [0.2, 0.25) is 0 Å². The van der Waals surface area contributed by atoms with Crippen molar-refractivity contribution in [3.63, 3.8) is 0 Å². The monoisotopic (exact) mass is 282 g/mol. The topological polar surface area (TPSA) is 63.2 Å². The third kappa shape index (κ3) is 29.9. The average Bonchev–Trinajstić information content (AvgIpc) is 0.811. The molecular formula is CaLaMnO3+3. The molecule has 0 aliphatic rings. The predicted molar refractivity (Wildman–Crippen MR) is 6.44 cm³/mol. The fraction of sp³-hybridized carbons (Fsp3) is 0. The van der Waals surface area contributed by atoms with Gasteiger partial charge in [0.25, 0.3) is 0 Å². The van der Waals surface area contributed by atoms with E-state index in [-0.39, 0.29) is 73.3 Å². The van der Waals surface area contributed by atoms with Gasteiger partial charge in [-0.3, -0.25) is 0 Å². The molecule has 0 radical (unpaired) electrons. The van der Waals surface area contributed by atoms with Crippen molar-refractivity contribution in [3.05, 3.63) is 0 Å². The first-order valence-corrected chi connectivity index (χ1v) is 1.91. The van der Waals surface area contributed by atoms with Gasteiger partial charge in [0, 0.05) is 0 Å². The summed E-state index contributed by atoms with van der Waals surface area (Å²) in [5, 5.41) is 0. The van der Waals surface area contributed by atoms with Crippen LogP contribution in [-0.2, 0) is 18.3 Å². The first kappa shape index (κ1) is 15.9. The Labute approximate surface area is 97.8 Å². The van der Waals surface area contributed by atoms with Crippen molar-refractivity contribution in [3.8, 4) is 0 Å². The van der Waals surface area contributed by atoms with E-state index < -0.39 is 14.5 Å². The third-order valence-electron chi connectivity index (χ3n) is 0. The van der Waals surface area contributed by atoms with E-state index in [0.29, 0.717) is 0 Å². The molecule has 0 saturated carbocycles. The summed E-state index contributed by atoms with van der Waals surface area (Å²) in [6.07, 6.45) is 0. The Morgan fingerprint density at radius 3 is 1.33 bits per heavy atom. The molecule has 0 atom stereocenters. The Hall–Kier alpha value is 2.69. The Kier molecular flexibility index (Phi) is 28.1. The van der Waals surface area contributed by atoms with Crippen LogP contribution in [0.1, 0.15) is 0 Å². The zero-order valence-electron chi connectivity index (χ0n) is 2.89. The maximum atomic E-state index is 8.52. The van der Waals surface area contributed by atoms with Gasteiger partial charge in [-0.1, -0.05) is 0 Å². The van der Waals surface area contributed by atoms with Gasteiger partial charge in [-0.05, 0) is 0 Å². The molecule has 0 heterocycles. The summed E-state index contributed by atoms with van der Waals surface area (Å²) in [5.41, 5.74) is 0. The van der Waals surface area contributed by atoms with Crippen LogP contribution in [0.15, 0.2) is 0 Å². The Balaban J connectivity index is -0.0000000450. The van der Waals surface area contributed by atoms with Crippen molar-refractivity contribution in [2.45, 2.75) is 0 Å². The van der Waals surface area contributed by atoms with E-state index in [1.54, 1.807) is 0 Å². The molecule has 0 aromatic rings. The molecule has 0 saturated heterocycles. The fourth-order valence-electron chi connectivity index (χ4n) is 0. The zero-order valence-corrected chi connectivity index (χ0v) is 9.90. The van der Waals surface area contributed by atoms with Gasteiger partial charge >= 0.3 is 100 Å². The van der Waals surface area contributed by atoms with Crippen LogP contribution in [0.25, 0.3) is 0 Å². The molecule has 0 unspecified atom stereocenters. The van der Waals surface area contributed by atoms with E-state index in [1.165, 1.54) is 0 Å². The van der Waals surface area contributed by atoms with Crippen molar-refractivity contribution in [1.29, 1.82) is 0 Å². The minimum atomic E-state index is -3.65. The summed E-state index contributed by atoms with van der Waals surface area (Å²) >= 11 is -3.65. The summed E-state index contributed by atoms with van der Waals surface area (Å²) < 4.78 is 25.6. The third-order valence-corrected chi connectivity index (χ3v) is 0. The minimum absolute atomic E-state index is 0. The van der Waals surface area contributed by atoms with Gasteiger partial charge in [0.05, 0.1) is 0 Å². The second-order valence-electron chi connectivity index (χ2n) is 0.189. The van der Waals surface area contributed by atoms with Crippen molar-refractivity contribution in [2.24, 2.45) is 0 Å². The van der Waals surface area contributed by atoms with E-state index in [2.05, 4.69) is 0 Å². The van der Waals surface area contributed by atoms with E-state index in [0.717, 1.165) is 0 Å². The van der Waals surface area contributed by atoms with Gasteiger partial charge in [0.15, 0.2) is 0 Å². The molecule has 0 aliphatic carbocycles. The first-order valence-electron chi connectivity index (χ1n) is 0.463. The molecule has 6 heavy (non-hydrogen) atoms. The van der Waals surface area contributed by atoms with Crippen LogP contribution < -0.4 is 8.38 Å². The van der Waals surface area contributed by atoms with E-state index in [9.17, 15) is 0 Å². The van der Waals surface area contributed by atoms with Crippen LogP contribution >= 0.6 is 0 Å². The van der Waals surface area contributed by atoms with E-state index in [4.69, 9.17) is 12.2 Å². The summed E-state index contributed by atoms with van der Waals surface area (Å²) in [6.45, 7) is 0. The molecule has 3 nitrogen and oxygen atoms in total. The van der Waals surface area contributed by atoms with Crippen molar-refractivity contribution >= 4 is 37.7 Å². The summed E-state index contributed by atoms with van der Waals surface area (Å²) in [6, 6.07) is 0. The van der Waals surface area contributed by atoms with Crippen LogP contribution in [0.2, 0.25) is 0 Å². The molecule has 0 aromatic carbocycles. The van der Waals surface area contributed by atoms with Gasteiger partial charge in [-0.2, -0.15) is 0 Å². The Bertz CT molecular complexity index is 33.8. The number of rotatable bonds is 0. The fourth-order valence-corrected chi connectivity index (χ4v) is 0. The van der Waals surface area contributed by atoms with Gasteiger partial charge < -0.3 is 0 Å².